The van der Waals surface area contributed by atoms with Crippen LogP contribution in [0.4, 0.5) is 5.69 Å². The van der Waals surface area contributed by atoms with E-state index in [0.29, 0.717) is 42.2 Å². The second-order valence-electron chi connectivity index (χ2n) is 6.72. The number of aromatic hydroxyl groups is 1. The Morgan fingerprint density at radius 1 is 1.31 bits per heavy atom. The van der Waals surface area contributed by atoms with E-state index in [9.17, 15) is 18.6 Å². The van der Waals surface area contributed by atoms with E-state index in [2.05, 4.69) is 9.98 Å². The molecule has 156 valence electrons. The lowest BCUT2D eigenvalue weighted by Gasteiger charge is -2.18. The van der Waals surface area contributed by atoms with Crippen LogP contribution in [-0.2, 0) is 16.6 Å². The highest BCUT2D eigenvalue weighted by Gasteiger charge is 2.30. The van der Waals surface area contributed by atoms with Gasteiger partial charge in [0.1, 0.15) is 16.4 Å². The van der Waals surface area contributed by atoms with Crippen molar-refractivity contribution < 1.29 is 23.4 Å². The molecule has 1 aromatic heterocycles. The number of ether oxygens (including phenoxy) is 1. The van der Waals surface area contributed by atoms with E-state index >= 15 is 0 Å². The molecule has 1 aromatic carbocycles. The van der Waals surface area contributed by atoms with Gasteiger partial charge in [0.05, 0.1) is 24.6 Å². The minimum atomic E-state index is -3.69. The Morgan fingerprint density at radius 3 is 2.69 bits per heavy atom. The number of nitrogens with zero attached hydrogens (tertiary/aromatic N) is 3. The Bertz CT molecular complexity index is 1020. The number of pyridine rings is 1. The standard InChI is InChI=1S/C20H25N3O5S/c1-3-28-18-7-6-16(10-19(18)29(26,27)23-8-4-5-9-23)22-12-17-15(13-24)11-21-14(2)20(17)25/h6-7,10-12,24-25H,3-5,8-9,13H2,1-2H3. The molecule has 29 heavy (non-hydrogen) atoms. The summed E-state index contributed by atoms with van der Waals surface area (Å²) in [6.07, 6.45) is 4.55. The van der Waals surface area contributed by atoms with Gasteiger partial charge < -0.3 is 14.9 Å². The molecule has 1 aliphatic rings. The van der Waals surface area contributed by atoms with Crippen molar-refractivity contribution in [1.82, 2.24) is 9.29 Å². The topological polar surface area (TPSA) is 112 Å². The largest absolute Gasteiger partial charge is 0.505 e. The molecule has 2 N–H and O–H groups in total. The summed E-state index contributed by atoms with van der Waals surface area (Å²) in [5.41, 5.74) is 1.57. The van der Waals surface area contributed by atoms with Crippen LogP contribution in [0.15, 0.2) is 34.3 Å². The smallest absolute Gasteiger partial charge is 0.246 e. The fourth-order valence-electron chi connectivity index (χ4n) is 3.18. The molecule has 0 radical (unpaired) electrons. The third kappa shape index (κ3) is 4.42. The Morgan fingerprint density at radius 2 is 2.03 bits per heavy atom. The molecule has 0 aliphatic carbocycles. The molecule has 1 saturated heterocycles. The third-order valence-electron chi connectivity index (χ3n) is 4.78. The van der Waals surface area contributed by atoms with Crippen molar-refractivity contribution in [3.05, 3.63) is 41.2 Å². The van der Waals surface area contributed by atoms with Crippen molar-refractivity contribution in [3.63, 3.8) is 0 Å². The second kappa shape index (κ2) is 8.89. The fraction of sp³-hybridized carbons (Fsp3) is 0.400. The number of aliphatic hydroxyl groups excluding tert-OH is 1. The van der Waals surface area contributed by atoms with E-state index in [1.54, 1.807) is 26.0 Å². The van der Waals surface area contributed by atoms with Gasteiger partial charge in [-0.2, -0.15) is 4.31 Å². The minimum absolute atomic E-state index is 0.0730. The van der Waals surface area contributed by atoms with Crippen molar-refractivity contribution in [3.8, 4) is 11.5 Å². The lowest BCUT2D eigenvalue weighted by atomic mass is 10.1. The summed E-state index contributed by atoms with van der Waals surface area (Å²) in [5, 5.41) is 19.7. The van der Waals surface area contributed by atoms with E-state index in [-0.39, 0.29) is 23.0 Å². The van der Waals surface area contributed by atoms with Crippen LogP contribution >= 0.6 is 0 Å². The molecule has 2 heterocycles. The maximum Gasteiger partial charge on any atom is 0.246 e. The third-order valence-corrected chi connectivity index (χ3v) is 6.70. The molecule has 0 spiro atoms. The Kier molecular flexibility index (Phi) is 6.51. The molecule has 0 amide bonds. The van der Waals surface area contributed by atoms with Gasteiger partial charge in [0.2, 0.25) is 10.0 Å². The summed E-state index contributed by atoms with van der Waals surface area (Å²) < 4.78 is 33.1. The van der Waals surface area contributed by atoms with E-state index in [4.69, 9.17) is 4.74 Å². The van der Waals surface area contributed by atoms with Crippen LogP contribution in [-0.4, -0.2) is 53.8 Å². The van der Waals surface area contributed by atoms with Gasteiger partial charge in [0.25, 0.3) is 0 Å². The van der Waals surface area contributed by atoms with Gasteiger partial charge in [0, 0.05) is 36.6 Å². The number of hydrogen-bond donors (Lipinski definition) is 2. The molecule has 1 fully saturated rings. The summed E-state index contributed by atoms with van der Waals surface area (Å²) in [6.45, 7) is 4.46. The first-order valence-corrected chi connectivity index (χ1v) is 10.9. The van der Waals surface area contributed by atoms with E-state index < -0.39 is 10.0 Å². The molecule has 1 aliphatic heterocycles. The van der Waals surface area contributed by atoms with Crippen LogP contribution in [0.25, 0.3) is 0 Å². The fourth-order valence-corrected chi connectivity index (χ4v) is 4.85. The van der Waals surface area contributed by atoms with Crippen LogP contribution in [0, 0.1) is 6.92 Å². The first-order valence-electron chi connectivity index (χ1n) is 9.47. The van der Waals surface area contributed by atoms with Crippen LogP contribution < -0.4 is 4.74 Å². The number of sulfonamides is 1. The predicted octanol–water partition coefficient (Wildman–Crippen LogP) is 2.52. The lowest BCUT2D eigenvalue weighted by molar-refractivity contribution is 0.280. The molecular weight excluding hydrogens is 394 g/mol. The van der Waals surface area contributed by atoms with Gasteiger partial charge in [-0.3, -0.25) is 9.98 Å². The number of benzene rings is 1. The normalized spacial score (nSPS) is 15.3. The van der Waals surface area contributed by atoms with Crippen LogP contribution in [0.2, 0.25) is 0 Å². The van der Waals surface area contributed by atoms with Crippen LogP contribution in [0.3, 0.4) is 0 Å². The first kappa shape index (κ1) is 21.2. The number of aromatic nitrogens is 1. The molecular formula is C20H25N3O5S. The summed E-state index contributed by atoms with van der Waals surface area (Å²) in [6, 6.07) is 4.71. The molecule has 0 bridgehead atoms. The predicted molar refractivity (Wildman–Crippen MR) is 109 cm³/mol. The second-order valence-corrected chi connectivity index (χ2v) is 8.63. The summed E-state index contributed by atoms with van der Waals surface area (Å²) in [4.78, 5) is 8.42. The van der Waals surface area contributed by atoms with Gasteiger partial charge in [-0.1, -0.05) is 0 Å². The molecule has 9 heteroatoms. The number of hydrogen-bond acceptors (Lipinski definition) is 7. The molecule has 3 rings (SSSR count). The van der Waals surface area contributed by atoms with Gasteiger partial charge in [-0.05, 0) is 44.9 Å². The van der Waals surface area contributed by atoms with E-state index in [1.165, 1.54) is 22.8 Å². The molecule has 8 nitrogen and oxygen atoms in total. The van der Waals surface area contributed by atoms with Crippen LogP contribution in [0.1, 0.15) is 36.6 Å². The van der Waals surface area contributed by atoms with Crippen LogP contribution in [0.5, 0.6) is 11.5 Å². The average molecular weight is 420 g/mol. The number of aliphatic imine (C=N–C) groups is 1. The highest BCUT2D eigenvalue weighted by atomic mass is 32.2. The monoisotopic (exact) mass is 419 g/mol. The van der Waals surface area contributed by atoms with Crippen molar-refractivity contribution in [2.75, 3.05) is 19.7 Å². The Balaban J connectivity index is 2.02. The zero-order valence-corrected chi connectivity index (χ0v) is 17.3. The number of aryl methyl sites for hydroxylation is 1. The number of rotatable bonds is 7. The highest BCUT2D eigenvalue weighted by molar-refractivity contribution is 7.89. The van der Waals surface area contributed by atoms with Gasteiger partial charge in [-0.15, -0.1) is 0 Å². The van der Waals surface area contributed by atoms with Crippen molar-refractivity contribution in [2.24, 2.45) is 4.99 Å². The van der Waals surface area contributed by atoms with Gasteiger partial charge >= 0.3 is 0 Å². The Hall–Kier alpha value is -2.49. The zero-order valence-electron chi connectivity index (χ0n) is 16.5. The maximum absolute atomic E-state index is 13.1. The zero-order chi connectivity index (χ0) is 21.0. The Labute approximate surface area is 170 Å². The highest BCUT2D eigenvalue weighted by Crippen LogP contribution is 2.33. The number of aliphatic hydroxyl groups is 1. The van der Waals surface area contributed by atoms with Crippen molar-refractivity contribution >= 4 is 21.9 Å². The lowest BCUT2D eigenvalue weighted by Crippen LogP contribution is -2.28. The summed E-state index contributed by atoms with van der Waals surface area (Å²) >= 11 is 0. The SMILES string of the molecule is CCOc1ccc(N=Cc2c(CO)cnc(C)c2O)cc1S(=O)(=O)N1CCCC1. The molecule has 2 aromatic rings. The first-order chi connectivity index (χ1) is 13.9. The molecule has 0 atom stereocenters. The molecule has 0 unspecified atom stereocenters. The summed E-state index contributed by atoms with van der Waals surface area (Å²) in [7, 11) is -3.69. The summed E-state index contributed by atoms with van der Waals surface area (Å²) in [5.74, 6) is 0.216. The average Bonchev–Trinajstić information content (AvgIpc) is 3.26. The quantitative estimate of drug-likeness (QED) is 0.667. The maximum atomic E-state index is 13.1. The van der Waals surface area contributed by atoms with E-state index in [1.807, 2.05) is 0 Å². The molecule has 0 saturated carbocycles. The van der Waals surface area contributed by atoms with E-state index in [0.717, 1.165) is 12.8 Å². The van der Waals surface area contributed by atoms with Crippen molar-refractivity contribution in [2.45, 2.75) is 38.2 Å². The minimum Gasteiger partial charge on any atom is -0.505 e. The van der Waals surface area contributed by atoms with Crippen molar-refractivity contribution in [1.29, 1.82) is 0 Å². The van der Waals surface area contributed by atoms with Gasteiger partial charge in [-0.25, -0.2) is 8.42 Å². The van der Waals surface area contributed by atoms with Gasteiger partial charge in [0.15, 0.2) is 0 Å².